The zero-order chi connectivity index (χ0) is 16.4. The summed E-state index contributed by atoms with van der Waals surface area (Å²) < 4.78 is 0. The number of hydrogen-bond donors (Lipinski definition) is 1. The van der Waals surface area contributed by atoms with Crippen LogP contribution in [0, 0.1) is 0 Å². The molecule has 3 heteroatoms. The summed E-state index contributed by atoms with van der Waals surface area (Å²) in [5, 5.41) is 4.39. The van der Waals surface area contributed by atoms with Crippen LogP contribution in [0.5, 0.6) is 0 Å². The Morgan fingerprint density at radius 1 is 0.833 bits per heavy atom. The zero-order valence-corrected chi connectivity index (χ0v) is 13.9. The van der Waals surface area contributed by atoms with Gasteiger partial charge in [0.2, 0.25) is 0 Å². The van der Waals surface area contributed by atoms with Crippen molar-refractivity contribution in [2.75, 3.05) is 5.32 Å². The SMILES string of the molecule is Clc1ccc([C@@H]2CC(c3ccccc3)=Nc3ccccc3N2)cc1. The van der Waals surface area contributed by atoms with Crippen LogP contribution in [-0.2, 0) is 0 Å². The third-order valence-electron chi connectivity index (χ3n) is 4.27. The molecule has 0 unspecified atom stereocenters. The van der Waals surface area contributed by atoms with Gasteiger partial charge in [-0.15, -0.1) is 0 Å². The summed E-state index contributed by atoms with van der Waals surface area (Å²) in [5.74, 6) is 0. The summed E-state index contributed by atoms with van der Waals surface area (Å²) >= 11 is 6.04. The molecule has 1 aliphatic heterocycles. The Labute approximate surface area is 146 Å². The Balaban J connectivity index is 1.79. The van der Waals surface area contributed by atoms with Crippen molar-refractivity contribution in [3.8, 4) is 0 Å². The molecule has 3 aromatic carbocycles. The number of anilines is 1. The molecule has 0 aliphatic carbocycles. The second kappa shape index (κ2) is 6.50. The first-order valence-electron chi connectivity index (χ1n) is 8.03. The second-order valence-electron chi connectivity index (χ2n) is 5.89. The number of fused-ring (bicyclic) bond motifs is 1. The third-order valence-corrected chi connectivity index (χ3v) is 4.52. The van der Waals surface area contributed by atoms with Crippen molar-refractivity contribution in [3.63, 3.8) is 0 Å². The summed E-state index contributed by atoms with van der Waals surface area (Å²) in [6, 6.07) is 26.8. The smallest absolute Gasteiger partial charge is 0.0864 e. The van der Waals surface area contributed by atoms with E-state index >= 15 is 0 Å². The summed E-state index contributed by atoms with van der Waals surface area (Å²) in [6.45, 7) is 0. The van der Waals surface area contributed by atoms with Gasteiger partial charge in [0, 0.05) is 11.4 Å². The van der Waals surface area contributed by atoms with Gasteiger partial charge in [0.25, 0.3) is 0 Å². The number of hydrogen-bond acceptors (Lipinski definition) is 2. The van der Waals surface area contributed by atoms with Crippen LogP contribution in [0.1, 0.15) is 23.6 Å². The van der Waals surface area contributed by atoms with Crippen LogP contribution in [0.2, 0.25) is 5.02 Å². The molecule has 0 bridgehead atoms. The van der Waals surface area contributed by atoms with Gasteiger partial charge in [-0.2, -0.15) is 0 Å². The van der Waals surface area contributed by atoms with Gasteiger partial charge < -0.3 is 5.32 Å². The van der Waals surface area contributed by atoms with E-state index in [1.165, 1.54) is 5.56 Å². The molecule has 1 heterocycles. The summed E-state index contributed by atoms with van der Waals surface area (Å²) in [5.41, 5.74) is 5.50. The first-order chi connectivity index (χ1) is 11.8. The van der Waals surface area contributed by atoms with Gasteiger partial charge in [0.05, 0.1) is 23.1 Å². The van der Waals surface area contributed by atoms with Crippen LogP contribution in [0.4, 0.5) is 11.4 Å². The molecule has 3 aromatic rings. The van der Waals surface area contributed by atoms with Crippen LogP contribution in [0.25, 0.3) is 0 Å². The molecule has 0 radical (unpaired) electrons. The highest BCUT2D eigenvalue weighted by molar-refractivity contribution is 6.30. The Morgan fingerprint density at radius 2 is 1.54 bits per heavy atom. The van der Waals surface area contributed by atoms with E-state index in [2.05, 4.69) is 53.8 Å². The van der Waals surface area contributed by atoms with Crippen molar-refractivity contribution in [1.29, 1.82) is 0 Å². The predicted octanol–water partition coefficient (Wildman–Crippen LogP) is 6.02. The van der Waals surface area contributed by atoms with Crippen LogP contribution in [0.15, 0.2) is 83.9 Å². The molecule has 2 nitrogen and oxygen atoms in total. The highest BCUT2D eigenvalue weighted by Gasteiger charge is 2.20. The average Bonchev–Trinajstić information content (AvgIpc) is 2.83. The maximum Gasteiger partial charge on any atom is 0.0864 e. The van der Waals surface area contributed by atoms with Crippen LogP contribution in [-0.4, -0.2) is 5.71 Å². The standard InChI is InChI=1S/C21H17ClN2/c22-17-12-10-16(11-13-17)21-14-20(15-6-2-1-3-7-15)23-18-8-4-5-9-19(18)24-21/h1-13,21,24H,14H2/t21-/m0/s1. The lowest BCUT2D eigenvalue weighted by atomic mass is 9.97. The van der Waals surface area contributed by atoms with Gasteiger partial charge in [-0.3, -0.25) is 4.99 Å². The van der Waals surface area contributed by atoms with Crippen LogP contribution in [0.3, 0.4) is 0 Å². The molecule has 118 valence electrons. The highest BCUT2D eigenvalue weighted by atomic mass is 35.5. The molecule has 4 rings (SSSR count). The molecule has 0 saturated heterocycles. The minimum Gasteiger partial charge on any atom is -0.376 e. The lowest BCUT2D eigenvalue weighted by molar-refractivity contribution is 0.828. The van der Waals surface area contributed by atoms with E-state index in [1.54, 1.807) is 0 Å². The molecule has 1 aliphatic rings. The Hall–Kier alpha value is -2.58. The lowest BCUT2D eigenvalue weighted by Gasteiger charge is -2.19. The minimum atomic E-state index is 0.157. The Kier molecular flexibility index (Phi) is 4.06. The van der Waals surface area contributed by atoms with Crippen molar-refractivity contribution >= 4 is 28.7 Å². The largest absolute Gasteiger partial charge is 0.376 e. The Bertz CT molecular complexity index is 870. The average molecular weight is 333 g/mol. The van der Waals surface area contributed by atoms with Crippen molar-refractivity contribution in [1.82, 2.24) is 0 Å². The molecule has 0 amide bonds. The van der Waals surface area contributed by atoms with E-state index in [-0.39, 0.29) is 6.04 Å². The van der Waals surface area contributed by atoms with E-state index in [9.17, 15) is 0 Å². The van der Waals surface area contributed by atoms with Gasteiger partial charge in [-0.1, -0.05) is 66.2 Å². The summed E-state index contributed by atoms with van der Waals surface area (Å²) in [4.78, 5) is 4.93. The zero-order valence-electron chi connectivity index (χ0n) is 13.1. The van der Waals surface area contributed by atoms with Gasteiger partial charge >= 0.3 is 0 Å². The minimum absolute atomic E-state index is 0.157. The number of para-hydroxylation sites is 2. The van der Waals surface area contributed by atoms with Gasteiger partial charge in [-0.05, 0) is 35.4 Å². The Morgan fingerprint density at radius 3 is 2.33 bits per heavy atom. The number of aliphatic imine (C=N–C) groups is 1. The molecule has 0 fully saturated rings. The molecular formula is C21H17ClN2. The van der Waals surface area contributed by atoms with Crippen LogP contribution >= 0.6 is 11.6 Å². The fraction of sp³-hybridized carbons (Fsp3) is 0.0952. The van der Waals surface area contributed by atoms with E-state index < -0.39 is 0 Å². The molecule has 1 N–H and O–H groups in total. The van der Waals surface area contributed by atoms with E-state index in [1.807, 2.05) is 30.3 Å². The summed E-state index contributed by atoms with van der Waals surface area (Å²) in [7, 11) is 0. The van der Waals surface area contributed by atoms with E-state index in [4.69, 9.17) is 16.6 Å². The van der Waals surface area contributed by atoms with E-state index in [0.717, 1.165) is 34.1 Å². The van der Waals surface area contributed by atoms with Crippen molar-refractivity contribution < 1.29 is 0 Å². The quantitative estimate of drug-likeness (QED) is 0.610. The van der Waals surface area contributed by atoms with Gasteiger partial charge in [0.15, 0.2) is 0 Å². The normalized spacial score (nSPS) is 16.5. The van der Waals surface area contributed by atoms with Crippen molar-refractivity contribution in [3.05, 3.63) is 95.0 Å². The monoisotopic (exact) mass is 332 g/mol. The highest BCUT2D eigenvalue weighted by Crippen LogP contribution is 2.35. The maximum atomic E-state index is 6.04. The second-order valence-corrected chi connectivity index (χ2v) is 6.33. The number of benzene rings is 3. The fourth-order valence-electron chi connectivity index (χ4n) is 3.03. The topological polar surface area (TPSA) is 24.4 Å². The van der Waals surface area contributed by atoms with Gasteiger partial charge in [0.1, 0.15) is 0 Å². The molecule has 0 aromatic heterocycles. The maximum absolute atomic E-state index is 6.04. The van der Waals surface area contributed by atoms with Crippen molar-refractivity contribution in [2.24, 2.45) is 4.99 Å². The third kappa shape index (κ3) is 3.06. The number of nitrogens with one attached hydrogen (secondary N) is 1. The van der Waals surface area contributed by atoms with E-state index in [0.29, 0.717) is 0 Å². The lowest BCUT2D eigenvalue weighted by Crippen LogP contribution is -2.14. The number of nitrogens with zero attached hydrogens (tertiary/aromatic N) is 1. The fourth-order valence-corrected chi connectivity index (χ4v) is 3.15. The number of halogens is 1. The molecule has 0 spiro atoms. The van der Waals surface area contributed by atoms with Crippen LogP contribution < -0.4 is 5.32 Å². The molecular weight excluding hydrogens is 316 g/mol. The molecule has 24 heavy (non-hydrogen) atoms. The first kappa shape index (κ1) is 15.0. The molecule has 1 atom stereocenters. The van der Waals surface area contributed by atoms with Crippen molar-refractivity contribution in [2.45, 2.75) is 12.5 Å². The first-order valence-corrected chi connectivity index (χ1v) is 8.41. The summed E-state index contributed by atoms with van der Waals surface area (Å²) in [6.07, 6.45) is 0.820. The number of rotatable bonds is 2. The van der Waals surface area contributed by atoms with Gasteiger partial charge in [-0.25, -0.2) is 0 Å². The predicted molar refractivity (Wildman–Crippen MR) is 102 cm³/mol. The molecule has 0 saturated carbocycles.